The molecular formula is C16H15N3O3S. The van der Waals surface area contributed by atoms with Crippen LogP contribution in [-0.4, -0.2) is 26.7 Å². The highest BCUT2D eigenvalue weighted by Crippen LogP contribution is 2.22. The van der Waals surface area contributed by atoms with E-state index >= 15 is 0 Å². The molecule has 1 aliphatic heterocycles. The van der Waals surface area contributed by atoms with Crippen LogP contribution in [0.1, 0.15) is 11.1 Å². The SMILES string of the molecule is Cc1cccc(NC(=O)CN=C2NS(=O)(=O)c3ccccc32)c1. The van der Waals surface area contributed by atoms with Gasteiger partial charge in [0.1, 0.15) is 12.4 Å². The molecule has 0 bridgehead atoms. The summed E-state index contributed by atoms with van der Waals surface area (Å²) in [5.74, 6) is -0.119. The van der Waals surface area contributed by atoms with Gasteiger partial charge in [0.2, 0.25) is 5.91 Å². The van der Waals surface area contributed by atoms with Gasteiger partial charge < -0.3 is 5.32 Å². The van der Waals surface area contributed by atoms with Crippen LogP contribution in [-0.2, 0) is 14.8 Å². The summed E-state index contributed by atoms with van der Waals surface area (Å²) in [6.45, 7) is 1.76. The van der Waals surface area contributed by atoms with Gasteiger partial charge in [0.15, 0.2) is 0 Å². The number of hydrogen-bond acceptors (Lipinski definition) is 4. The van der Waals surface area contributed by atoms with Crippen LogP contribution in [0.25, 0.3) is 0 Å². The van der Waals surface area contributed by atoms with E-state index in [1.54, 1.807) is 24.3 Å². The van der Waals surface area contributed by atoms with Crippen LogP contribution in [0.2, 0.25) is 0 Å². The number of hydrogen-bond donors (Lipinski definition) is 2. The highest BCUT2D eigenvalue weighted by Gasteiger charge is 2.30. The van der Waals surface area contributed by atoms with Crippen LogP contribution >= 0.6 is 0 Å². The summed E-state index contributed by atoms with van der Waals surface area (Å²) in [6.07, 6.45) is 0. The molecule has 0 atom stereocenters. The zero-order valence-corrected chi connectivity index (χ0v) is 13.2. The van der Waals surface area contributed by atoms with Gasteiger partial charge >= 0.3 is 0 Å². The zero-order chi connectivity index (χ0) is 16.4. The largest absolute Gasteiger partial charge is 0.324 e. The van der Waals surface area contributed by atoms with Crippen molar-refractivity contribution in [3.63, 3.8) is 0 Å². The third-order valence-electron chi connectivity index (χ3n) is 3.35. The number of amides is 1. The standard InChI is InChI=1S/C16H15N3O3S/c1-11-5-4-6-12(9-11)18-15(20)10-17-16-13-7-2-3-8-14(13)23(21,22)19-16/h2-9H,10H2,1H3,(H,17,19)(H,18,20). The minimum Gasteiger partial charge on any atom is -0.324 e. The highest BCUT2D eigenvalue weighted by molar-refractivity contribution is 7.90. The summed E-state index contributed by atoms with van der Waals surface area (Å²) in [5, 5.41) is 2.73. The predicted molar refractivity (Wildman–Crippen MR) is 88.0 cm³/mol. The van der Waals surface area contributed by atoms with Crippen LogP contribution < -0.4 is 10.0 Å². The molecule has 0 unspecified atom stereocenters. The Hall–Kier alpha value is -2.67. The number of anilines is 1. The fraction of sp³-hybridized carbons (Fsp3) is 0.125. The number of nitrogens with one attached hydrogen (secondary N) is 2. The molecule has 3 rings (SSSR count). The van der Waals surface area contributed by atoms with Crippen LogP contribution in [0.15, 0.2) is 58.4 Å². The normalized spacial score (nSPS) is 16.7. The monoisotopic (exact) mass is 329 g/mol. The molecule has 0 saturated heterocycles. The number of benzene rings is 2. The lowest BCUT2D eigenvalue weighted by Crippen LogP contribution is -2.24. The van der Waals surface area contributed by atoms with Gasteiger partial charge in [-0.1, -0.05) is 24.3 Å². The van der Waals surface area contributed by atoms with Gasteiger partial charge in [0, 0.05) is 11.3 Å². The van der Waals surface area contributed by atoms with Crippen molar-refractivity contribution >= 4 is 27.5 Å². The van der Waals surface area contributed by atoms with E-state index in [2.05, 4.69) is 15.0 Å². The quantitative estimate of drug-likeness (QED) is 0.898. The predicted octanol–water partition coefficient (Wildman–Crippen LogP) is 1.67. The van der Waals surface area contributed by atoms with Crippen molar-refractivity contribution in [3.05, 3.63) is 59.7 Å². The average Bonchev–Trinajstić information content (AvgIpc) is 2.77. The molecule has 0 spiro atoms. The topological polar surface area (TPSA) is 87.6 Å². The fourth-order valence-electron chi connectivity index (χ4n) is 2.33. The molecule has 7 heteroatoms. The van der Waals surface area contributed by atoms with Crippen LogP contribution in [0.5, 0.6) is 0 Å². The van der Waals surface area contributed by atoms with E-state index in [9.17, 15) is 13.2 Å². The molecule has 0 aliphatic carbocycles. The Kier molecular flexibility index (Phi) is 3.87. The van der Waals surface area contributed by atoms with Crippen molar-refractivity contribution in [1.82, 2.24) is 4.72 Å². The molecule has 0 radical (unpaired) electrons. The molecule has 118 valence electrons. The lowest BCUT2D eigenvalue weighted by molar-refractivity contribution is -0.114. The number of rotatable bonds is 3. The molecule has 1 heterocycles. The molecule has 6 nitrogen and oxygen atoms in total. The molecule has 2 N–H and O–H groups in total. The maximum Gasteiger partial charge on any atom is 0.263 e. The average molecular weight is 329 g/mol. The summed E-state index contributed by atoms with van der Waals surface area (Å²) >= 11 is 0. The molecule has 2 aromatic rings. The van der Waals surface area contributed by atoms with Crippen molar-refractivity contribution in [1.29, 1.82) is 0 Å². The van der Waals surface area contributed by atoms with Crippen LogP contribution in [0.4, 0.5) is 5.69 Å². The number of aryl methyl sites for hydroxylation is 1. The maximum absolute atomic E-state index is 12.0. The highest BCUT2D eigenvalue weighted by atomic mass is 32.2. The number of carbonyl (C=O) groups is 1. The van der Waals surface area contributed by atoms with Crippen molar-refractivity contribution in [2.45, 2.75) is 11.8 Å². The number of sulfonamides is 1. The van der Waals surface area contributed by atoms with E-state index < -0.39 is 10.0 Å². The van der Waals surface area contributed by atoms with E-state index in [4.69, 9.17) is 0 Å². The summed E-state index contributed by atoms with van der Waals surface area (Å²) in [5.41, 5.74) is 2.20. The van der Waals surface area contributed by atoms with Gasteiger partial charge in [-0.2, -0.15) is 0 Å². The van der Waals surface area contributed by atoms with E-state index in [-0.39, 0.29) is 23.2 Å². The zero-order valence-electron chi connectivity index (χ0n) is 12.4. The third-order valence-corrected chi connectivity index (χ3v) is 4.74. The minimum absolute atomic E-state index is 0.167. The first-order chi connectivity index (χ1) is 11.0. The van der Waals surface area contributed by atoms with Crippen molar-refractivity contribution < 1.29 is 13.2 Å². The van der Waals surface area contributed by atoms with Crippen LogP contribution in [0.3, 0.4) is 0 Å². The number of amidine groups is 1. The van der Waals surface area contributed by atoms with Gasteiger partial charge in [-0.05, 0) is 36.8 Å². The number of aliphatic imine (C=N–C) groups is 1. The fourth-order valence-corrected chi connectivity index (χ4v) is 3.58. The summed E-state index contributed by atoms with van der Waals surface area (Å²) in [4.78, 5) is 16.2. The van der Waals surface area contributed by atoms with Gasteiger partial charge in [0.05, 0.1) is 4.90 Å². The summed E-state index contributed by atoms with van der Waals surface area (Å²) in [6, 6.07) is 13.9. The first-order valence-corrected chi connectivity index (χ1v) is 8.47. The van der Waals surface area contributed by atoms with Gasteiger partial charge in [0.25, 0.3) is 10.0 Å². The van der Waals surface area contributed by atoms with E-state index in [0.717, 1.165) is 5.56 Å². The minimum atomic E-state index is -3.58. The molecule has 23 heavy (non-hydrogen) atoms. The number of carbonyl (C=O) groups excluding carboxylic acids is 1. The van der Waals surface area contributed by atoms with Gasteiger partial charge in [-0.25, -0.2) is 8.42 Å². The molecule has 1 amide bonds. The first-order valence-electron chi connectivity index (χ1n) is 6.99. The molecule has 0 aromatic heterocycles. The maximum atomic E-state index is 12.0. The molecule has 1 aliphatic rings. The Morgan fingerprint density at radius 1 is 1.17 bits per heavy atom. The Morgan fingerprint density at radius 2 is 1.96 bits per heavy atom. The second-order valence-electron chi connectivity index (χ2n) is 5.18. The third kappa shape index (κ3) is 3.24. The lowest BCUT2D eigenvalue weighted by atomic mass is 10.2. The van der Waals surface area contributed by atoms with Crippen molar-refractivity contribution in [3.8, 4) is 0 Å². The van der Waals surface area contributed by atoms with Crippen molar-refractivity contribution in [2.24, 2.45) is 4.99 Å². The van der Waals surface area contributed by atoms with Crippen LogP contribution in [0, 0.1) is 6.92 Å². The summed E-state index contributed by atoms with van der Waals surface area (Å²) in [7, 11) is -3.58. The van der Waals surface area contributed by atoms with Crippen molar-refractivity contribution in [2.75, 3.05) is 11.9 Å². The van der Waals surface area contributed by atoms with Gasteiger partial charge in [-0.3, -0.25) is 14.5 Å². The number of nitrogens with zero attached hydrogens (tertiary/aromatic N) is 1. The smallest absolute Gasteiger partial charge is 0.263 e. The molecule has 0 saturated carbocycles. The molecule has 0 fully saturated rings. The Morgan fingerprint density at radius 3 is 2.74 bits per heavy atom. The second kappa shape index (κ2) is 5.85. The number of fused-ring (bicyclic) bond motifs is 1. The molecule has 2 aromatic carbocycles. The Balaban J connectivity index is 1.75. The van der Waals surface area contributed by atoms with Gasteiger partial charge in [-0.15, -0.1) is 0 Å². The Labute approximate surface area is 134 Å². The first kappa shape index (κ1) is 15.2. The molecular weight excluding hydrogens is 314 g/mol. The van der Waals surface area contributed by atoms with E-state index in [0.29, 0.717) is 11.3 Å². The second-order valence-corrected chi connectivity index (χ2v) is 6.83. The lowest BCUT2D eigenvalue weighted by Gasteiger charge is -2.04. The summed E-state index contributed by atoms with van der Waals surface area (Å²) < 4.78 is 26.3. The van der Waals surface area contributed by atoms with E-state index in [1.165, 1.54) is 6.07 Å². The van der Waals surface area contributed by atoms with E-state index in [1.807, 2.05) is 25.1 Å². The Bertz CT molecular complexity index is 904.